The Labute approximate surface area is 142 Å². The van der Waals surface area contributed by atoms with E-state index >= 15 is 0 Å². The van der Waals surface area contributed by atoms with Crippen LogP contribution in [-0.2, 0) is 0 Å². The van der Waals surface area contributed by atoms with Crippen LogP contribution in [0.15, 0.2) is 60.7 Å². The van der Waals surface area contributed by atoms with Crippen molar-refractivity contribution < 1.29 is 13.9 Å². The smallest absolute Gasteiger partial charge is 0.195 e. The van der Waals surface area contributed by atoms with E-state index in [1.54, 1.807) is 18.2 Å². The number of fused-ring (bicyclic) bond motifs is 2. The molecule has 0 bridgehead atoms. The van der Waals surface area contributed by atoms with Crippen LogP contribution in [0.1, 0.15) is 15.9 Å². The van der Waals surface area contributed by atoms with E-state index in [1.807, 2.05) is 24.3 Å². The molecule has 4 nitrogen and oxygen atoms in total. The van der Waals surface area contributed by atoms with E-state index < -0.39 is 5.82 Å². The van der Waals surface area contributed by atoms with Gasteiger partial charge < -0.3 is 4.74 Å². The standard InChI is InChI=1S/C20H13FN2O2/c1-25-18-10-9-12(11-14(18)21)20(24)13-5-4-8-17-19(13)23-16-7-3-2-6-15(16)22-17/h2-11H,1H3. The lowest BCUT2D eigenvalue weighted by Crippen LogP contribution is -2.05. The van der Waals surface area contributed by atoms with Crippen LogP contribution in [0.5, 0.6) is 5.75 Å². The minimum atomic E-state index is -0.579. The van der Waals surface area contributed by atoms with Crippen LogP contribution in [-0.4, -0.2) is 22.9 Å². The van der Waals surface area contributed by atoms with Crippen LogP contribution in [0.2, 0.25) is 0 Å². The van der Waals surface area contributed by atoms with Crippen molar-refractivity contribution in [2.24, 2.45) is 0 Å². The summed E-state index contributed by atoms with van der Waals surface area (Å²) in [7, 11) is 1.38. The van der Waals surface area contributed by atoms with Gasteiger partial charge in [-0.25, -0.2) is 14.4 Å². The summed E-state index contributed by atoms with van der Waals surface area (Å²) in [6, 6.07) is 16.9. The average molecular weight is 332 g/mol. The van der Waals surface area contributed by atoms with Crippen LogP contribution in [0.3, 0.4) is 0 Å². The predicted octanol–water partition coefficient (Wildman–Crippen LogP) is 4.16. The molecule has 0 spiro atoms. The topological polar surface area (TPSA) is 52.1 Å². The highest BCUT2D eigenvalue weighted by molar-refractivity contribution is 6.15. The minimum Gasteiger partial charge on any atom is -0.494 e. The van der Waals surface area contributed by atoms with Crippen molar-refractivity contribution in [3.05, 3.63) is 77.6 Å². The first-order valence-corrected chi connectivity index (χ1v) is 7.71. The molecule has 0 aliphatic carbocycles. The zero-order valence-electron chi connectivity index (χ0n) is 13.4. The molecule has 3 aromatic carbocycles. The van der Waals surface area contributed by atoms with Gasteiger partial charge in [-0.15, -0.1) is 0 Å². The second-order valence-corrected chi connectivity index (χ2v) is 5.56. The lowest BCUT2D eigenvalue weighted by Gasteiger charge is -2.08. The van der Waals surface area contributed by atoms with Gasteiger partial charge >= 0.3 is 0 Å². The number of methoxy groups -OCH3 is 1. The number of aromatic nitrogens is 2. The molecule has 0 fully saturated rings. The van der Waals surface area contributed by atoms with Gasteiger partial charge in [-0.1, -0.05) is 18.2 Å². The van der Waals surface area contributed by atoms with E-state index in [1.165, 1.54) is 25.3 Å². The molecule has 0 radical (unpaired) electrons. The summed E-state index contributed by atoms with van der Waals surface area (Å²) in [4.78, 5) is 22.0. The van der Waals surface area contributed by atoms with Crippen LogP contribution >= 0.6 is 0 Å². The molecule has 0 aliphatic rings. The van der Waals surface area contributed by atoms with E-state index in [-0.39, 0.29) is 17.1 Å². The second kappa shape index (κ2) is 5.94. The molecule has 0 N–H and O–H groups in total. The summed E-state index contributed by atoms with van der Waals surface area (Å²) in [5.74, 6) is -0.790. The molecule has 122 valence electrons. The maximum atomic E-state index is 13.9. The SMILES string of the molecule is COc1ccc(C(=O)c2cccc3nc4ccccc4nc23)cc1F. The Bertz CT molecular complexity index is 1130. The van der Waals surface area contributed by atoms with Gasteiger partial charge in [-0.2, -0.15) is 0 Å². The van der Waals surface area contributed by atoms with Gasteiger partial charge in [-0.05, 0) is 42.5 Å². The average Bonchev–Trinajstić information content (AvgIpc) is 2.65. The number of hydrogen-bond acceptors (Lipinski definition) is 4. The fraction of sp³-hybridized carbons (Fsp3) is 0.0500. The van der Waals surface area contributed by atoms with Crippen LogP contribution < -0.4 is 4.74 Å². The number of carbonyl (C=O) groups is 1. The van der Waals surface area contributed by atoms with Crippen LogP contribution in [0.4, 0.5) is 4.39 Å². The van der Waals surface area contributed by atoms with Crippen molar-refractivity contribution in [2.75, 3.05) is 7.11 Å². The minimum absolute atomic E-state index is 0.0975. The first-order chi connectivity index (χ1) is 12.2. The number of rotatable bonds is 3. The normalized spacial score (nSPS) is 11.0. The summed E-state index contributed by atoms with van der Waals surface area (Å²) in [5, 5.41) is 0. The monoisotopic (exact) mass is 332 g/mol. The number of hydrogen-bond donors (Lipinski definition) is 0. The number of ether oxygens (including phenoxy) is 1. The summed E-state index contributed by atoms with van der Waals surface area (Å²) < 4.78 is 18.8. The fourth-order valence-electron chi connectivity index (χ4n) is 2.79. The quantitative estimate of drug-likeness (QED) is 0.417. The van der Waals surface area contributed by atoms with Gasteiger partial charge in [0.05, 0.1) is 29.2 Å². The molecule has 4 rings (SSSR count). The lowest BCUT2D eigenvalue weighted by atomic mass is 10.0. The molecule has 25 heavy (non-hydrogen) atoms. The number of para-hydroxylation sites is 3. The largest absolute Gasteiger partial charge is 0.494 e. The third-order valence-corrected chi connectivity index (χ3v) is 4.03. The molecular formula is C20H13FN2O2. The van der Waals surface area contributed by atoms with Crippen molar-refractivity contribution in [2.45, 2.75) is 0 Å². The van der Waals surface area contributed by atoms with Crippen molar-refractivity contribution >= 4 is 27.9 Å². The molecule has 0 amide bonds. The number of ketones is 1. The van der Waals surface area contributed by atoms with Gasteiger partial charge in [0.2, 0.25) is 0 Å². The number of carbonyl (C=O) groups excluding carboxylic acids is 1. The van der Waals surface area contributed by atoms with Gasteiger partial charge in [-0.3, -0.25) is 4.79 Å². The molecule has 0 aliphatic heterocycles. The molecule has 4 aromatic rings. The Morgan fingerprint density at radius 2 is 1.64 bits per heavy atom. The molecule has 0 atom stereocenters. The Hall–Kier alpha value is -3.34. The molecule has 0 unspecified atom stereocenters. The van der Waals surface area contributed by atoms with Crippen LogP contribution in [0, 0.1) is 5.82 Å². The molecule has 5 heteroatoms. The van der Waals surface area contributed by atoms with E-state index in [4.69, 9.17) is 4.74 Å². The van der Waals surface area contributed by atoms with E-state index in [0.29, 0.717) is 22.1 Å². The Kier molecular flexibility index (Phi) is 3.61. The predicted molar refractivity (Wildman–Crippen MR) is 93.4 cm³/mol. The Morgan fingerprint density at radius 1 is 0.920 bits per heavy atom. The third-order valence-electron chi connectivity index (χ3n) is 4.03. The first-order valence-electron chi connectivity index (χ1n) is 7.71. The van der Waals surface area contributed by atoms with Crippen molar-refractivity contribution in [3.63, 3.8) is 0 Å². The van der Waals surface area contributed by atoms with E-state index in [0.717, 1.165) is 5.52 Å². The molecule has 0 saturated carbocycles. The summed E-state index contributed by atoms with van der Waals surface area (Å²) in [5.41, 5.74) is 3.22. The fourth-order valence-corrected chi connectivity index (χ4v) is 2.79. The lowest BCUT2D eigenvalue weighted by molar-refractivity contribution is 0.103. The second-order valence-electron chi connectivity index (χ2n) is 5.56. The zero-order chi connectivity index (χ0) is 17.4. The van der Waals surface area contributed by atoms with Gasteiger partial charge in [0, 0.05) is 5.56 Å². The molecule has 0 saturated heterocycles. The summed E-state index contributed by atoms with van der Waals surface area (Å²) >= 11 is 0. The highest BCUT2D eigenvalue weighted by atomic mass is 19.1. The maximum absolute atomic E-state index is 13.9. The molecule has 1 aromatic heterocycles. The van der Waals surface area contributed by atoms with E-state index in [9.17, 15) is 9.18 Å². The number of nitrogens with zero attached hydrogens (tertiary/aromatic N) is 2. The number of benzene rings is 3. The maximum Gasteiger partial charge on any atom is 0.195 e. The van der Waals surface area contributed by atoms with Crippen molar-refractivity contribution in [3.8, 4) is 5.75 Å². The van der Waals surface area contributed by atoms with Crippen LogP contribution in [0.25, 0.3) is 22.1 Å². The zero-order valence-corrected chi connectivity index (χ0v) is 13.4. The van der Waals surface area contributed by atoms with E-state index in [2.05, 4.69) is 9.97 Å². The summed E-state index contributed by atoms with van der Waals surface area (Å²) in [6.45, 7) is 0. The van der Waals surface area contributed by atoms with Crippen molar-refractivity contribution in [1.29, 1.82) is 0 Å². The number of halogens is 1. The Balaban J connectivity index is 1.89. The highest BCUT2D eigenvalue weighted by Crippen LogP contribution is 2.24. The third kappa shape index (κ3) is 2.59. The van der Waals surface area contributed by atoms with Gasteiger partial charge in [0.15, 0.2) is 17.3 Å². The molecular weight excluding hydrogens is 319 g/mol. The van der Waals surface area contributed by atoms with Gasteiger partial charge in [0.25, 0.3) is 0 Å². The summed E-state index contributed by atoms with van der Waals surface area (Å²) in [6.07, 6.45) is 0. The van der Waals surface area contributed by atoms with Crippen molar-refractivity contribution in [1.82, 2.24) is 9.97 Å². The Morgan fingerprint density at radius 3 is 2.36 bits per heavy atom. The first kappa shape index (κ1) is 15.2. The molecule has 1 heterocycles. The van der Waals surface area contributed by atoms with Gasteiger partial charge in [0.1, 0.15) is 5.52 Å². The highest BCUT2D eigenvalue weighted by Gasteiger charge is 2.16.